The van der Waals surface area contributed by atoms with Crippen molar-refractivity contribution < 1.29 is 8.42 Å². The molecule has 2 nitrogen and oxygen atoms in total. The number of hydrogen-bond donors (Lipinski definition) is 0. The van der Waals surface area contributed by atoms with Gasteiger partial charge in [0, 0.05) is 0 Å². The maximum atomic E-state index is 12.5. The first-order valence-electron chi connectivity index (χ1n) is 6.58. The number of hydrogen-bond acceptors (Lipinski definition) is 2. The minimum atomic E-state index is -3.23. The lowest BCUT2D eigenvalue weighted by Crippen LogP contribution is -2.19. The van der Waals surface area contributed by atoms with E-state index in [4.69, 9.17) is 0 Å². The summed E-state index contributed by atoms with van der Waals surface area (Å²) >= 11 is 0. The summed E-state index contributed by atoms with van der Waals surface area (Å²) in [4.78, 5) is 0.421. The van der Waals surface area contributed by atoms with Gasteiger partial charge in [-0.15, -0.1) is 0 Å². The molecule has 0 saturated heterocycles. The molecule has 0 aliphatic rings. The molecule has 0 saturated carbocycles. The predicted molar refractivity (Wildman–Crippen MR) is 76.4 cm³/mol. The molecule has 0 spiro atoms. The Bertz CT molecular complexity index is 461. The molecule has 0 aromatic heterocycles. The van der Waals surface area contributed by atoms with E-state index in [1.54, 1.807) is 24.3 Å². The third-order valence-corrected chi connectivity index (χ3v) is 4.97. The van der Waals surface area contributed by atoms with Crippen LogP contribution in [0.15, 0.2) is 47.4 Å². The third-order valence-electron chi connectivity index (χ3n) is 2.85. The zero-order valence-electron chi connectivity index (χ0n) is 11.2. The van der Waals surface area contributed by atoms with E-state index < -0.39 is 15.1 Å². The van der Waals surface area contributed by atoms with E-state index in [0.717, 1.165) is 19.3 Å². The van der Waals surface area contributed by atoms with E-state index in [1.807, 2.05) is 25.1 Å². The molecular weight excluding hydrogens is 244 g/mol. The van der Waals surface area contributed by atoms with Crippen LogP contribution in [0.1, 0.15) is 39.5 Å². The SMILES string of the molecule is CCC/C=C/C(CCC)S(=O)(=O)c1ccccc1. The van der Waals surface area contributed by atoms with Crippen LogP contribution in [0.5, 0.6) is 0 Å². The first-order chi connectivity index (χ1) is 8.62. The number of rotatable bonds is 7. The van der Waals surface area contributed by atoms with Gasteiger partial charge in [0.2, 0.25) is 0 Å². The van der Waals surface area contributed by atoms with Gasteiger partial charge in [0.15, 0.2) is 9.84 Å². The lowest BCUT2D eigenvalue weighted by atomic mass is 10.2. The molecule has 1 unspecified atom stereocenters. The largest absolute Gasteiger partial charge is 0.223 e. The van der Waals surface area contributed by atoms with Gasteiger partial charge in [-0.05, 0) is 25.0 Å². The van der Waals surface area contributed by atoms with E-state index in [-0.39, 0.29) is 0 Å². The smallest absolute Gasteiger partial charge is 0.184 e. The second kappa shape index (κ2) is 7.37. The lowest BCUT2D eigenvalue weighted by Gasteiger charge is -2.13. The van der Waals surface area contributed by atoms with Crippen LogP contribution in [-0.2, 0) is 9.84 Å². The van der Waals surface area contributed by atoms with Gasteiger partial charge in [-0.1, -0.05) is 57.0 Å². The van der Waals surface area contributed by atoms with Gasteiger partial charge in [0.25, 0.3) is 0 Å². The van der Waals surface area contributed by atoms with E-state index in [2.05, 4.69) is 6.92 Å². The zero-order chi connectivity index (χ0) is 13.4. The van der Waals surface area contributed by atoms with Gasteiger partial charge < -0.3 is 0 Å². The Morgan fingerprint density at radius 3 is 2.33 bits per heavy atom. The third kappa shape index (κ3) is 3.98. The normalized spacial score (nSPS) is 13.9. The minimum absolute atomic E-state index is 0.392. The summed E-state index contributed by atoms with van der Waals surface area (Å²) in [6, 6.07) is 8.72. The Kier molecular flexibility index (Phi) is 6.13. The second-order valence-electron chi connectivity index (χ2n) is 4.40. The zero-order valence-corrected chi connectivity index (χ0v) is 12.0. The average molecular weight is 266 g/mol. The van der Waals surface area contributed by atoms with Crippen molar-refractivity contribution in [1.29, 1.82) is 0 Å². The average Bonchev–Trinajstić information content (AvgIpc) is 2.39. The van der Waals surface area contributed by atoms with Crippen LogP contribution in [0.2, 0.25) is 0 Å². The fourth-order valence-corrected chi connectivity index (χ4v) is 3.59. The van der Waals surface area contributed by atoms with Crippen molar-refractivity contribution in [1.82, 2.24) is 0 Å². The Morgan fingerprint density at radius 2 is 1.78 bits per heavy atom. The Balaban J connectivity index is 2.97. The molecule has 100 valence electrons. The molecule has 1 aromatic carbocycles. The van der Waals surface area contributed by atoms with Gasteiger partial charge in [0.1, 0.15) is 0 Å². The Labute approximate surface area is 111 Å². The highest BCUT2D eigenvalue weighted by molar-refractivity contribution is 7.92. The molecule has 1 aromatic rings. The second-order valence-corrected chi connectivity index (χ2v) is 6.57. The predicted octanol–water partition coefficient (Wildman–Crippen LogP) is 3.99. The maximum absolute atomic E-state index is 12.5. The number of sulfone groups is 1. The summed E-state index contributed by atoms with van der Waals surface area (Å²) in [5.41, 5.74) is 0. The number of unbranched alkanes of at least 4 members (excludes halogenated alkanes) is 1. The van der Waals surface area contributed by atoms with Crippen molar-refractivity contribution in [2.45, 2.75) is 49.7 Å². The van der Waals surface area contributed by atoms with Crippen LogP contribution in [0.25, 0.3) is 0 Å². The maximum Gasteiger partial charge on any atom is 0.184 e. The highest BCUT2D eigenvalue weighted by atomic mass is 32.2. The summed E-state index contributed by atoms with van der Waals surface area (Å²) in [5, 5.41) is -0.392. The fraction of sp³-hybridized carbons (Fsp3) is 0.467. The number of allylic oxidation sites excluding steroid dienone is 1. The summed E-state index contributed by atoms with van der Waals surface area (Å²) in [7, 11) is -3.23. The molecular formula is C15H22O2S. The van der Waals surface area contributed by atoms with Crippen molar-refractivity contribution >= 4 is 9.84 Å². The monoisotopic (exact) mass is 266 g/mol. The molecule has 18 heavy (non-hydrogen) atoms. The summed E-state index contributed by atoms with van der Waals surface area (Å²) in [6.45, 7) is 4.10. The highest BCUT2D eigenvalue weighted by Gasteiger charge is 2.23. The van der Waals surface area contributed by atoms with Crippen molar-refractivity contribution in [3.63, 3.8) is 0 Å². The lowest BCUT2D eigenvalue weighted by molar-refractivity contribution is 0.582. The Morgan fingerprint density at radius 1 is 1.11 bits per heavy atom. The number of benzene rings is 1. The molecule has 1 atom stereocenters. The fourth-order valence-electron chi connectivity index (χ4n) is 1.84. The van der Waals surface area contributed by atoms with Gasteiger partial charge >= 0.3 is 0 Å². The quantitative estimate of drug-likeness (QED) is 0.699. The van der Waals surface area contributed by atoms with Crippen LogP contribution >= 0.6 is 0 Å². The standard InChI is InChI=1S/C15H22O2S/c1-3-5-7-11-14(10-4-2)18(16,17)15-12-8-6-9-13-15/h6-9,11-14H,3-5,10H2,1-2H3/b11-7+. The van der Waals surface area contributed by atoms with Crippen LogP contribution in [0.4, 0.5) is 0 Å². The van der Waals surface area contributed by atoms with Crippen molar-refractivity contribution in [2.75, 3.05) is 0 Å². The van der Waals surface area contributed by atoms with E-state index in [1.165, 1.54) is 0 Å². The van der Waals surface area contributed by atoms with Crippen LogP contribution in [0, 0.1) is 0 Å². The highest BCUT2D eigenvalue weighted by Crippen LogP contribution is 2.20. The van der Waals surface area contributed by atoms with Crippen molar-refractivity contribution in [3.05, 3.63) is 42.5 Å². The molecule has 0 bridgehead atoms. The van der Waals surface area contributed by atoms with E-state index in [0.29, 0.717) is 11.3 Å². The first-order valence-corrected chi connectivity index (χ1v) is 8.13. The molecule has 0 heterocycles. The van der Waals surface area contributed by atoms with E-state index in [9.17, 15) is 8.42 Å². The van der Waals surface area contributed by atoms with E-state index >= 15 is 0 Å². The molecule has 0 amide bonds. The summed E-state index contributed by atoms with van der Waals surface area (Å²) in [5.74, 6) is 0. The van der Waals surface area contributed by atoms with Gasteiger partial charge in [-0.2, -0.15) is 0 Å². The molecule has 0 radical (unpaired) electrons. The molecule has 0 N–H and O–H groups in total. The minimum Gasteiger partial charge on any atom is -0.223 e. The first kappa shape index (κ1) is 15.0. The Hall–Kier alpha value is -1.09. The molecule has 3 heteroatoms. The van der Waals surface area contributed by atoms with Gasteiger partial charge in [-0.25, -0.2) is 8.42 Å². The van der Waals surface area contributed by atoms with Gasteiger partial charge in [0.05, 0.1) is 10.1 Å². The van der Waals surface area contributed by atoms with Crippen LogP contribution in [0.3, 0.4) is 0 Å². The topological polar surface area (TPSA) is 34.1 Å². The molecule has 0 aliphatic heterocycles. The van der Waals surface area contributed by atoms with Crippen LogP contribution in [-0.4, -0.2) is 13.7 Å². The van der Waals surface area contributed by atoms with Crippen LogP contribution < -0.4 is 0 Å². The van der Waals surface area contributed by atoms with Crippen molar-refractivity contribution in [2.24, 2.45) is 0 Å². The molecule has 0 fully saturated rings. The summed E-state index contributed by atoms with van der Waals surface area (Å²) in [6.07, 6.45) is 7.37. The molecule has 0 aliphatic carbocycles. The molecule has 1 rings (SSSR count). The summed E-state index contributed by atoms with van der Waals surface area (Å²) < 4.78 is 24.9. The van der Waals surface area contributed by atoms with Gasteiger partial charge in [-0.3, -0.25) is 0 Å². The van der Waals surface area contributed by atoms with Crippen molar-refractivity contribution in [3.8, 4) is 0 Å².